The van der Waals surface area contributed by atoms with Gasteiger partial charge in [-0.1, -0.05) is 54.1 Å². The Kier molecular flexibility index (Phi) is 6.23. The third kappa shape index (κ3) is 4.36. The molecule has 0 saturated carbocycles. The van der Waals surface area contributed by atoms with Crippen molar-refractivity contribution < 1.29 is 18.7 Å². The molecule has 1 aliphatic rings. The van der Waals surface area contributed by atoms with Crippen LogP contribution in [0.5, 0.6) is 5.75 Å². The molecule has 32 heavy (non-hydrogen) atoms. The van der Waals surface area contributed by atoms with Gasteiger partial charge in [0.1, 0.15) is 17.3 Å². The number of rotatable bonds is 7. The first-order chi connectivity index (χ1) is 15.5. The largest absolute Gasteiger partial charge is 0.495 e. The molecule has 3 aromatic rings. The molecule has 0 saturated heterocycles. The van der Waals surface area contributed by atoms with Crippen molar-refractivity contribution in [3.63, 3.8) is 0 Å². The molecule has 3 aromatic carbocycles. The van der Waals surface area contributed by atoms with Gasteiger partial charge >= 0.3 is 0 Å². The number of nitrogens with zero attached hydrogens (tertiary/aromatic N) is 1. The summed E-state index contributed by atoms with van der Waals surface area (Å²) in [5, 5.41) is 3.53. The van der Waals surface area contributed by atoms with E-state index in [9.17, 15) is 14.0 Å². The van der Waals surface area contributed by atoms with Crippen LogP contribution < -0.4 is 10.1 Å². The summed E-state index contributed by atoms with van der Waals surface area (Å²) in [5.41, 5.74) is 2.35. The van der Waals surface area contributed by atoms with E-state index in [2.05, 4.69) is 5.32 Å². The molecule has 162 valence electrons. The number of ether oxygens (including phenoxy) is 1. The number of benzene rings is 3. The van der Waals surface area contributed by atoms with Crippen LogP contribution in [0.4, 0.5) is 10.1 Å². The van der Waals surface area contributed by atoms with Crippen LogP contribution in [-0.2, 0) is 16.0 Å². The van der Waals surface area contributed by atoms with Gasteiger partial charge in [0, 0.05) is 11.6 Å². The molecule has 5 nitrogen and oxygen atoms in total. The lowest BCUT2D eigenvalue weighted by atomic mass is 10.0. The van der Waals surface area contributed by atoms with Crippen molar-refractivity contribution in [2.75, 3.05) is 19.0 Å². The van der Waals surface area contributed by atoms with Crippen molar-refractivity contribution in [1.82, 2.24) is 4.90 Å². The normalized spacial score (nSPS) is 13.7. The molecule has 0 spiro atoms. The molecule has 7 heteroatoms. The van der Waals surface area contributed by atoms with Crippen LogP contribution in [0.3, 0.4) is 0 Å². The average molecular weight is 451 g/mol. The average Bonchev–Trinajstić information content (AvgIpc) is 3.03. The third-order valence-electron chi connectivity index (χ3n) is 5.19. The van der Waals surface area contributed by atoms with Gasteiger partial charge < -0.3 is 10.1 Å². The van der Waals surface area contributed by atoms with Crippen LogP contribution in [0.25, 0.3) is 5.57 Å². The monoisotopic (exact) mass is 450 g/mol. The molecule has 2 amide bonds. The Hall–Kier alpha value is -3.64. The minimum atomic E-state index is -0.446. The second-order valence-electron chi connectivity index (χ2n) is 7.22. The lowest BCUT2D eigenvalue weighted by Gasteiger charge is -2.16. The summed E-state index contributed by atoms with van der Waals surface area (Å²) in [6.07, 6.45) is 0.410. The van der Waals surface area contributed by atoms with Gasteiger partial charge in [-0.15, -0.1) is 0 Å². The number of anilines is 1. The van der Waals surface area contributed by atoms with Crippen molar-refractivity contribution in [2.45, 2.75) is 6.42 Å². The predicted octanol–water partition coefficient (Wildman–Crippen LogP) is 4.92. The number of imide groups is 1. The van der Waals surface area contributed by atoms with Crippen molar-refractivity contribution in [3.05, 3.63) is 100 Å². The van der Waals surface area contributed by atoms with Crippen LogP contribution in [0.15, 0.2) is 78.5 Å². The molecule has 0 radical (unpaired) electrons. The number of methoxy groups -OCH3 is 1. The van der Waals surface area contributed by atoms with Crippen molar-refractivity contribution in [1.29, 1.82) is 0 Å². The van der Waals surface area contributed by atoms with Crippen LogP contribution in [0.1, 0.15) is 11.1 Å². The Balaban J connectivity index is 1.68. The fourth-order valence-electron chi connectivity index (χ4n) is 3.57. The highest BCUT2D eigenvalue weighted by molar-refractivity contribution is 6.36. The number of carbonyl (C=O) groups excluding carboxylic acids is 2. The molecule has 4 rings (SSSR count). The maximum atomic E-state index is 13.3. The first-order valence-corrected chi connectivity index (χ1v) is 10.4. The first-order valence-electron chi connectivity index (χ1n) is 9.99. The SMILES string of the molecule is COc1ccc(Cl)cc1NC1=C(c2ccccc2)C(=O)N(CCc2ccc(F)cc2)C1=O. The Morgan fingerprint density at radius 3 is 2.38 bits per heavy atom. The Morgan fingerprint density at radius 1 is 0.969 bits per heavy atom. The number of hydrogen-bond acceptors (Lipinski definition) is 4. The van der Waals surface area contributed by atoms with Crippen molar-refractivity contribution in [3.8, 4) is 5.75 Å². The molecular weight excluding hydrogens is 431 g/mol. The van der Waals surface area contributed by atoms with Crippen LogP contribution in [-0.4, -0.2) is 30.4 Å². The highest BCUT2D eigenvalue weighted by Crippen LogP contribution is 2.34. The summed E-state index contributed by atoms with van der Waals surface area (Å²) in [4.78, 5) is 27.8. The predicted molar refractivity (Wildman–Crippen MR) is 122 cm³/mol. The van der Waals surface area contributed by atoms with E-state index in [-0.39, 0.29) is 23.6 Å². The van der Waals surface area contributed by atoms with E-state index >= 15 is 0 Å². The first kappa shape index (κ1) is 21.6. The maximum Gasteiger partial charge on any atom is 0.278 e. The Morgan fingerprint density at radius 2 is 1.69 bits per heavy atom. The molecule has 0 unspecified atom stereocenters. The van der Waals surface area contributed by atoms with Gasteiger partial charge in [0.05, 0.1) is 18.4 Å². The fraction of sp³-hybridized carbons (Fsp3) is 0.120. The van der Waals surface area contributed by atoms with Gasteiger partial charge in [0.2, 0.25) is 0 Å². The van der Waals surface area contributed by atoms with E-state index in [1.165, 1.54) is 24.1 Å². The van der Waals surface area contributed by atoms with Gasteiger partial charge in [-0.3, -0.25) is 14.5 Å². The molecule has 0 bridgehead atoms. The van der Waals surface area contributed by atoms with Crippen LogP contribution in [0.2, 0.25) is 5.02 Å². The molecule has 0 aromatic heterocycles. The fourth-order valence-corrected chi connectivity index (χ4v) is 3.74. The minimum Gasteiger partial charge on any atom is -0.495 e. The summed E-state index contributed by atoms with van der Waals surface area (Å²) >= 11 is 6.13. The zero-order chi connectivity index (χ0) is 22.7. The molecule has 1 heterocycles. The van der Waals surface area contributed by atoms with Crippen molar-refractivity contribution in [2.24, 2.45) is 0 Å². The standard InChI is InChI=1S/C25H20ClFN2O3/c1-32-21-12-9-18(26)15-20(21)28-23-22(17-5-3-2-4-6-17)24(30)29(25(23)31)14-13-16-7-10-19(27)11-8-16/h2-12,15,28H,13-14H2,1H3. The van der Waals surface area contributed by atoms with Crippen LogP contribution in [0, 0.1) is 5.82 Å². The second-order valence-corrected chi connectivity index (χ2v) is 7.66. The van der Waals surface area contributed by atoms with E-state index < -0.39 is 11.8 Å². The number of amides is 2. The minimum absolute atomic E-state index is 0.154. The zero-order valence-corrected chi connectivity index (χ0v) is 18.0. The second kappa shape index (κ2) is 9.24. The lowest BCUT2D eigenvalue weighted by molar-refractivity contribution is -0.136. The van der Waals surface area contributed by atoms with Gasteiger partial charge in [0.15, 0.2) is 0 Å². The van der Waals surface area contributed by atoms with Gasteiger partial charge in [-0.05, 0) is 47.9 Å². The van der Waals surface area contributed by atoms with E-state index in [0.29, 0.717) is 28.4 Å². The zero-order valence-electron chi connectivity index (χ0n) is 17.3. The van der Waals surface area contributed by atoms with E-state index in [1.54, 1.807) is 54.6 Å². The Labute approximate surface area is 190 Å². The summed E-state index contributed by atoms with van der Waals surface area (Å²) in [5.74, 6) is -0.693. The molecule has 1 N–H and O–H groups in total. The number of carbonyl (C=O) groups is 2. The summed E-state index contributed by atoms with van der Waals surface area (Å²) in [6, 6.07) is 20.0. The Bertz CT molecular complexity index is 1190. The number of nitrogens with one attached hydrogen (secondary N) is 1. The smallest absolute Gasteiger partial charge is 0.278 e. The third-order valence-corrected chi connectivity index (χ3v) is 5.42. The lowest BCUT2D eigenvalue weighted by Crippen LogP contribution is -2.34. The number of hydrogen-bond donors (Lipinski definition) is 1. The highest BCUT2D eigenvalue weighted by Gasteiger charge is 2.39. The van der Waals surface area contributed by atoms with Gasteiger partial charge in [0.25, 0.3) is 11.8 Å². The van der Waals surface area contributed by atoms with Gasteiger partial charge in [-0.25, -0.2) is 4.39 Å². The molecule has 0 atom stereocenters. The van der Waals surface area contributed by atoms with Gasteiger partial charge in [-0.2, -0.15) is 0 Å². The summed E-state index contributed by atoms with van der Waals surface area (Å²) in [6.45, 7) is 0.164. The summed E-state index contributed by atoms with van der Waals surface area (Å²) in [7, 11) is 1.51. The highest BCUT2D eigenvalue weighted by atomic mass is 35.5. The number of halogens is 2. The summed E-state index contributed by atoms with van der Waals surface area (Å²) < 4.78 is 18.6. The molecule has 0 aliphatic carbocycles. The van der Waals surface area contributed by atoms with Crippen LogP contribution >= 0.6 is 11.6 Å². The van der Waals surface area contributed by atoms with E-state index in [4.69, 9.17) is 16.3 Å². The van der Waals surface area contributed by atoms with Crippen molar-refractivity contribution >= 4 is 34.7 Å². The quantitative estimate of drug-likeness (QED) is 0.519. The van der Waals surface area contributed by atoms with E-state index in [0.717, 1.165) is 5.56 Å². The molecular formula is C25H20ClFN2O3. The molecule has 0 fully saturated rings. The topological polar surface area (TPSA) is 58.6 Å². The maximum absolute atomic E-state index is 13.3. The van der Waals surface area contributed by atoms with E-state index in [1.807, 2.05) is 6.07 Å². The molecule has 1 aliphatic heterocycles.